The quantitative estimate of drug-likeness (QED) is 0.727. The van der Waals surface area contributed by atoms with E-state index in [-0.39, 0.29) is 24.0 Å². The number of benzene rings is 1. The van der Waals surface area contributed by atoms with Crippen LogP contribution in [0.15, 0.2) is 22.7 Å². The Bertz CT molecular complexity index is 585. The number of aliphatic hydroxyl groups is 1. The molecule has 1 aliphatic rings. The highest BCUT2D eigenvalue weighted by Gasteiger charge is 2.26. The minimum Gasteiger partial charge on any atom is -0.492 e. The summed E-state index contributed by atoms with van der Waals surface area (Å²) in [5.74, 6) is 0.841. The summed E-state index contributed by atoms with van der Waals surface area (Å²) in [6, 6.07) is 5.91. The van der Waals surface area contributed by atoms with Gasteiger partial charge in [-0.1, -0.05) is 26.8 Å². The van der Waals surface area contributed by atoms with E-state index in [4.69, 9.17) is 9.47 Å². The van der Waals surface area contributed by atoms with Crippen LogP contribution in [0.4, 0.5) is 0 Å². The lowest BCUT2D eigenvalue weighted by molar-refractivity contribution is -0.141. The van der Waals surface area contributed by atoms with Gasteiger partial charge in [-0.2, -0.15) is 0 Å². The van der Waals surface area contributed by atoms with Crippen molar-refractivity contribution in [3.05, 3.63) is 28.2 Å². The molecule has 1 aliphatic heterocycles. The summed E-state index contributed by atoms with van der Waals surface area (Å²) in [5.41, 5.74) is 1.33. The van der Waals surface area contributed by atoms with Gasteiger partial charge in [-0.15, -0.1) is 0 Å². The van der Waals surface area contributed by atoms with E-state index in [1.165, 1.54) is 5.56 Å². The number of aliphatic hydroxyl groups excluding tert-OH is 1. The molecule has 0 aliphatic carbocycles. The van der Waals surface area contributed by atoms with E-state index in [9.17, 15) is 9.90 Å². The molecule has 1 amide bonds. The lowest BCUT2D eigenvalue weighted by Gasteiger charge is -2.34. The molecular weight excluding hydrogens is 386 g/mol. The second-order valence-corrected chi connectivity index (χ2v) is 8.20. The fraction of sp³-hybridized carbons (Fsp3) is 0.632. The summed E-state index contributed by atoms with van der Waals surface area (Å²) in [6.07, 6.45) is 1.05. The first-order valence-corrected chi connectivity index (χ1v) is 9.53. The Labute approximate surface area is 158 Å². The number of halogens is 1. The van der Waals surface area contributed by atoms with Crippen LogP contribution in [0.1, 0.15) is 39.2 Å². The fourth-order valence-corrected chi connectivity index (χ4v) is 3.26. The number of morpholine rings is 1. The minimum atomic E-state index is -0.221. The number of ether oxygens (including phenoxy) is 2. The highest BCUT2D eigenvalue weighted by Crippen LogP contribution is 2.31. The van der Waals surface area contributed by atoms with E-state index in [1.54, 1.807) is 4.90 Å². The molecule has 1 heterocycles. The first-order valence-electron chi connectivity index (χ1n) is 8.74. The Morgan fingerprint density at radius 1 is 1.44 bits per heavy atom. The number of hydrogen-bond acceptors (Lipinski definition) is 4. The van der Waals surface area contributed by atoms with Crippen molar-refractivity contribution in [3.63, 3.8) is 0 Å². The summed E-state index contributed by atoms with van der Waals surface area (Å²) in [5, 5.41) is 9.34. The molecule has 1 N–H and O–H groups in total. The first kappa shape index (κ1) is 20.2. The van der Waals surface area contributed by atoms with Gasteiger partial charge >= 0.3 is 0 Å². The van der Waals surface area contributed by atoms with Crippen molar-refractivity contribution in [2.24, 2.45) is 0 Å². The molecule has 1 aromatic rings. The lowest BCUT2D eigenvalue weighted by Crippen LogP contribution is -2.50. The second-order valence-electron chi connectivity index (χ2n) is 7.35. The van der Waals surface area contributed by atoms with Gasteiger partial charge in [-0.3, -0.25) is 4.79 Å². The van der Waals surface area contributed by atoms with Crippen molar-refractivity contribution in [2.45, 2.75) is 45.1 Å². The SMILES string of the molecule is CC(C)(C)c1ccc(OCCCC(=O)N2CCOCC2CO)c(Br)c1. The lowest BCUT2D eigenvalue weighted by atomic mass is 9.87. The van der Waals surface area contributed by atoms with Crippen LogP contribution in [0.2, 0.25) is 0 Å². The van der Waals surface area contributed by atoms with Gasteiger partial charge in [0, 0.05) is 13.0 Å². The summed E-state index contributed by atoms with van der Waals surface area (Å²) >= 11 is 3.56. The normalized spacial score (nSPS) is 18.3. The number of carbonyl (C=O) groups excluding carboxylic acids is 1. The van der Waals surface area contributed by atoms with Gasteiger partial charge in [-0.25, -0.2) is 0 Å². The molecule has 1 saturated heterocycles. The Hall–Kier alpha value is -1.11. The molecule has 0 radical (unpaired) electrons. The molecule has 1 aromatic carbocycles. The summed E-state index contributed by atoms with van der Waals surface area (Å²) in [7, 11) is 0. The van der Waals surface area contributed by atoms with Crippen LogP contribution in [0, 0.1) is 0 Å². The molecule has 1 unspecified atom stereocenters. The zero-order valence-electron chi connectivity index (χ0n) is 15.3. The molecule has 140 valence electrons. The smallest absolute Gasteiger partial charge is 0.223 e. The van der Waals surface area contributed by atoms with Crippen molar-refractivity contribution in [2.75, 3.05) is 33.0 Å². The third-order valence-corrected chi connectivity index (χ3v) is 4.97. The van der Waals surface area contributed by atoms with Crippen LogP contribution >= 0.6 is 15.9 Å². The molecule has 0 saturated carbocycles. The molecule has 5 nitrogen and oxygen atoms in total. The summed E-state index contributed by atoms with van der Waals surface area (Å²) in [4.78, 5) is 14.0. The number of nitrogens with zero attached hydrogens (tertiary/aromatic N) is 1. The molecular formula is C19H28BrNO4. The molecule has 2 rings (SSSR count). The first-order chi connectivity index (χ1) is 11.8. The second kappa shape index (κ2) is 9.01. The van der Waals surface area contributed by atoms with Gasteiger partial charge in [0.2, 0.25) is 5.91 Å². The van der Waals surface area contributed by atoms with Crippen LogP contribution in [0.3, 0.4) is 0 Å². The molecule has 1 atom stereocenters. The number of hydrogen-bond donors (Lipinski definition) is 1. The van der Waals surface area contributed by atoms with Crippen molar-refractivity contribution < 1.29 is 19.4 Å². The van der Waals surface area contributed by atoms with Crippen molar-refractivity contribution >= 4 is 21.8 Å². The molecule has 6 heteroatoms. The third kappa shape index (κ3) is 5.69. The van der Waals surface area contributed by atoms with E-state index < -0.39 is 0 Å². The Balaban J connectivity index is 1.80. The van der Waals surface area contributed by atoms with Gasteiger partial charge in [-0.05, 0) is 45.5 Å². The highest BCUT2D eigenvalue weighted by atomic mass is 79.9. The Kier molecular flexibility index (Phi) is 7.28. The standard InChI is InChI=1S/C19H28BrNO4/c1-19(2,3)14-6-7-17(16(20)11-14)25-9-4-5-18(23)21-8-10-24-13-15(21)12-22/h6-7,11,15,22H,4-5,8-10,12-13H2,1-3H3. The summed E-state index contributed by atoms with van der Waals surface area (Å²) in [6.45, 7) is 8.43. The van der Waals surface area contributed by atoms with E-state index in [0.717, 1.165) is 10.2 Å². The van der Waals surface area contributed by atoms with E-state index >= 15 is 0 Å². The molecule has 0 aromatic heterocycles. The van der Waals surface area contributed by atoms with Gasteiger partial charge in [0.05, 0.1) is 36.9 Å². The van der Waals surface area contributed by atoms with Crippen molar-refractivity contribution in [3.8, 4) is 5.75 Å². The molecule has 0 bridgehead atoms. The number of rotatable bonds is 6. The largest absolute Gasteiger partial charge is 0.492 e. The average Bonchev–Trinajstić information content (AvgIpc) is 2.58. The zero-order chi connectivity index (χ0) is 18.4. The maximum Gasteiger partial charge on any atom is 0.223 e. The fourth-order valence-electron chi connectivity index (χ4n) is 2.77. The monoisotopic (exact) mass is 413 g/mol. The van der Waals surface area contributed by atoms with Crippen LogP contribution in [0.5, 0.6) is 5.75 Å². The maximum atomic E-state index is 12.3. The Morgan fingerprint density at radius 2 is 2.20 bits per heavy atom. The molecule has 1 fully saturated rings. The zero-order valence-corrected chi connectivity index (χ0v) is 16.8. The van der Waals surface area contributed by atoms with Crippen molar-refractivity contribution in [1.82, 2.24) is 4.90 Å². The van der Waals surface area contributed by atoms with Crippen LogP contribution in [0.25, 0.3) is 0 Å². The highest BCUT2D eigenvalue weighted by molar-refractivity contribution is 9.10. The van der Waals surface area contributed by atoms with Crippen LogP contribution in [-0.2, 0) is 14.9 Å². The van der Waals surface area contributed by atoms with Gasteiger partial charge in [0.25, 0.3) is 0 Å². The van der Waals surface area contributed by atoms with Crippen LogP contribution in [-0.4, -0.2) is 54.9 Å². The topological polar surface area (TPSA) is 59.0 Å². The predicted molar refractivity (Wildman–Crippen MR) is 101 cm³/mol. The minimum absolute atomic E-state index is 0.0492. The Morgan fingerprint density at radius 3 is 2.84 bits per heavy atom. The van der Waals surface area contributed by atoms with Gasteiger partial charge in [0.1, 0.15) is 5.75 Å². The van der Waals surface area contributed by atoms with E-state index in [1.807, 2.05) is 6.07 Å². The predicted octanol–water partition coefficient (Wildman–Crippen LogP) is 3.13. The number of amides is 1. The van der Waals surface area contributed by atoms with Crippen molar-refractivity contribution in [1.29, 1.82) is 0 Å². The maximum absolute atomic E-state index is 12.3. The van der Waals surface area contributed by atoms with Gasteiger partial charge < -0.3 is 19.5 Å². The third-order valence-electron chi connectivity index (χ3n) is 4.35. The van der Waals surface area contributed by atoms with Crippen LogP contribution < -0.4 is 4.74 Å². The average molecular weight is 414 g/mol. The van der Waals surface area contributed by atoms with E-state index in [0.29, 0.717) is 39.2 Å². The summed E-state index contributed by atoms with van der Waals surface area (Å²) < 4.78 is 12.0. The van der Waals surface area contributed by atoms with E-state index in [2.05, 4.69) is 48.8 Å². The molecule has 25 heavy (non-hydrogen) atoms. The molecule has 0 spiro atoms. The number of carbonyl (C=O) groups is 1. The van der Waals surface area contributed by atoms with Gasteiger partial charge in [0.15, 0.2) is 0 Å².